The Hall–Kier alpha value is -1.36. The van der Waals surface area contributed by atoms with Gasteiger partial charge in [-0.2, -0.15) is 0 Å². The van der Waals surface area contributed by atoms with E-state index in [1.165, 1.54) is 12.0 Å². The van der Waals surface area contributed by atoms with Gasteiger partial charge >= 0.3 is 0 Å². The predicted octanol–water partition coefficient (Wildman–Crippen LogP) is 2.66. The molecule has 5 nitrogen and oxygen atoms in total. The molecule has 0 aromatic heterocycles. The zero-order valence-corrected chi connectivity index (χ0v) is 16.1. The van der Waals surface area contributed by atoms with Crippen molar-refractivity contribution in [2.24, 2.45) is 0 Å². The van der Waals surface area contributed by atoms with E-state index in [0.29, 0.717) is 0 Å². The summed E-state index contributed by atoms with van der Waals surface area (Å²) in [4.78, 5) is 28.0. The van der Waals surface area contributed by atoms with Crippen LogP contribution in [0.25, 0.3) is 0 Å². The molecule has 144 valence electrons. The summed E-state index contributed by atoms with van der Waals surface area (Å²) >= 11 is 0. The van der Waals surface area contributed by atoms with Gasteiger partial charge in [0.2, 0.25) is 11.8 Å². The molecule has 2 amide bonds. The summed E-state index contributed by atoms with van der Waals surface area (Å²) in [5, 5.41) is 6.57. The van der Waals surface area contributed by atoms with Gasteiger partial charge in [0.25, 0.3) is 0 Å². The van der Waals surface area contributed by atoms with Gasteiger partial charge in [0.05, 0.1) is 0 Å². The van der Waals surface area contributed by atoms with Gasteiger partial charge in [-0.15, -0.1) is 0 Å². The van der Waals surface area contributed by atoms with E-state index >= 15 is 0 Å². The number of hydrogen-bond donors (Lipinski definition) is 2. The fraction of sp³-hybridized carbons (Fsp3) is 0.810. The Labute approximate surface area is 157 Å². The van der Waals surface area contributed by atoms with Crippen molar-refractivity contribution < 1.29 is 9.59 Å². The summed E-state index contributed by atoms with van der Waals surface area (Å²) in [6, 6.07) is 0.419. The Balaban J connectivity index is 1.30. The summed E-state index contributed by atoms with van der Waals surface area (Å²) in [6.45, 7) is 4.25. The second-order valence-electron chi connectivity index (χ2n) is 8.85. The van der Waals surface area contributed by atoms with E-state index in [9.17, 15) is 9.59 Å². The number of hydrogen-bond acceptors (Lipinski definition) is 3. The molecular formula is C21H33N3O2. The van der Waals surface area contributed by atoms with Crippen LogP contribution in [0.3, 0.4) is 0 Å². The van der Waals surface area contributed by atoms with Crippen LogP contribution in [0.15, 0.2) is 11.1 Å². The zero-order valence-electron chi connectivity index (χ0n) is 16.1. The Bertz CT molecular complexity index is 602. The number of carbonyl (C=O) groups is 2. The lowest BCUT2D eigenvalue weighted by Crippen LogP contribution is -2.54. The van der Waals surface area contributed by atoms with Crippen molar-refractivity contribution in [3.8, 4) is 0 Å². The Morgan fingerprint density at radius 1 is 0.962 bits per heavy atom. The van der Waals surface area contributed by atoms with Crippen LogP contribution in [0, 0.1) is 0 Å². The maximum absolute atomic E-state index is 13.0. The lowest BCUT2D eigenvalue weighted by Gasteiger charge is -2.31. The van der Waals surface area contributed by atoms with Crippen LogP contribution in [0.2, 0.25) is 0 Å². The SMILES string of the molecule is CC1=C(C(=O)N[C@@H]2CC[C@H](NC(=O)C34CCCN3CCC4)C2)CCCC1. The summed E-state index contributed by atoms with van der Waals surface area (Å²) in [5.41, 5.74) is 2.05. The number of fused-ring (bicyclic) bond motifs is 1. The third kappa shape index (κ3) is 3.30. The number of amides is 2. The average Bonchev–Trinajstić information content (AvgIpc) is 3.30. The second-order valence-corrected chi connectivity index (χ2v) is 8.85. The minimum absolute atomic E-state index is 0.135. The van der Waals surface area contributed by atoms with Crippen molar-refractivity contribution in [3.63, 3.8) is 0 Å². The fourth-order valence-corrected chi connectivity index (χ4v) is 5.68. The summed E-state index contributed by atoms with van der Waals surface area (Å²) < 4.78 is 0. The zero-order chi connectivity index (χ0) is 18.1. The molecule has 2 atom stereocenters. The highest BCUT2D eigenvalue weighted by molar-refractivity contribution is 5.94. The van der Waals surface area contributed by atoms with Gasteiger partial charge in [0.1, 0.15) is 5.54 Å². The number of carbonyl (C=O) groups excluding carboxylic acids is 2. The number of nitrogens with one attached hydrogen (secondary N) is 2. The first-order valence-electron chi connectivity index (χ1n) is 10.6. The molecule has 4 rings (SSSR count). The third-order valence-corrected chi connectivity index (χ3v) is 7.19. The standard InChI is InChI=1S/C21H33N3O2/c1-15-6-2-3-7-18(15)19(25)22-16-8-9-17(14-16)23-20(26)21-10-4-12-24(21)13-5-11-21/h16-17H,2-14H2,1H3,(H,22,25)(H,23,26)/t16-,17+/m1/s1. The maximum atomic E-state index is 13.0. The van der Waals surface area contributed by atoms with E-state index in [1.807, 2.05) is 0 Å². The van der Waals surface area contributed by atoms with Gasteiger partial charge in [-0.05, 0) is 90.6 Å². The van der Waals surface area contributed by atoms with Crippen molar-refractivity contribution in [2.45, 2.75) is 95.2 Å². The summed E-state index contributed by atoms with van der Waals surface area (Å²) in [5.74, 6) is 0.380. The molecule has 2 heterocycles. The summed E-state index contributed by atoms with van der Waals surface area (Å²) in [7, 11) is 0. The molecule has 0 aromatic carbocycles. The molecule has 2 aliphatic carbocycles. The predicted molar refractivity (Wildman–Crippen MR) is 102 cm³/mol. The Morgan fingerprint density at radius 2 is 1.62 bits per heavy atom. The van der Waals surface area contributed by atoms with Crippen LogP contribution in [0.5, 0.6) is 0 Å². The molecule has 2 N–H and O–H groups in total. The first-order valence-corrected chi connectivity index (χ1v) is 10.6. The highest BCUT2D eigenvalue weighted by Crippen LogP contribution is 2.39. The molecule has 0 spiro atoms. The van der Waals surface area contributed by atoms with E-state index in [0.717, 1.165) is 82.9 Å². The summed E-state index contributed by atoms with van der Waals surface area (Å²) in [6.07, 6.45) is 11.5. The van der Waals surface area contributed by atoms with Gasteiger partial charge in [-0.25, -0.2) is 0 Å². The highest BCUT2D eigenvalue weighted by atomic mass is 16.2. The van der Waals surface area contributed by atoms with Crippen LogP contribution in [-0.4, -0.2) is 47.4 Å². The minimum atomic E-state index is -0.217. The number of allylic oxidation sites excluding steroid dienone is 1. The van der Waals surface area contributed by atoms with Crippen LogP contribution < -0.4 is 10.6 Å². The first-order chi connectivity index (χ1) is 12.6. The fourth-order valence-electron chi connectivity index (χ4n) is 5.68. The van der Waals surface area contributed by atoms with Gasteiger partial charge in [0.15, 0.2) is 0 Å². The van der Waals surface area contributed by atoms with Crippen LogP contribution in [-0.2, 0) is 9.59 Å². The van der Waals surface area contributed by atoms with Gasteiger partial charge in [-0.3, -0.25) is 14.5 Å². The molecular weight excluding hydrogens is 326 g/mol. The van der Waals surface area contributed by atoms with Gasteiger partial charge < -0.3 is 10.6 Å². The topological polar surface area (TPSA) is 61.4 Å². The monoisotopic (exact) mass is 359 g/mol. The van der Waals surface area contributed by atoms with Crippen molar-refractivity contribution in [2.75, 3.05) is 13.1 Å². The molecule has 1 saturated carbocycles. The van der Waals surface area contributed by atoms with Crippen LogP contribution >= 0.6 is 0 Å². The van der Waals surface area contributed by atoms with E-state index < -0.39 is 0 Å². The molecule has 5 heteroatoms. The lowest BCUT2D eigenvalue weighted by molar-refractivity contribution is -0.131. The number of nitrogens with zero attached hydrogens (tertiary/aromatic N) is 1. The minimum Gasteiger partial charge on any atom is -0.352 e. The van der Waals surface area contributed by atoms with Crippen molar-refractivity contribution in [1.29, 1.82) is 0 Å². The molecule has 2 saturated heterocycles. The quantitative estimate of drug-likeness (QED) is 0.811. The molecule has 26 heavy (non-hydrogen) atoms. The Morgan fingerprint density at radius 3 is 2.31 bits per heavy atom. The normalized spacial score (nSPS) is 31.1. The molecule has 0 aromatic rings. The number of rotatable bonds is 4. The van der Waals surface area contributed by atoms with Gasteiger partial charge in [0, 0.05) is 17.7 Å². The molecule has 0 radical (unpaired) electrons. The molecule has 2 aliphatic heterocycles. The lowest BCUT2D eigenvalue weighted by atomic mass is 9.92. The molecule has 4 aliphatic rings. The maximum Gasteiger partial charge on any atom is 0.247 e. The van der Waals surface area contributed by atoms with Crippen LogP contribution in [0.1, 0.15) is 77.6 Å². The van der Waals surface area contributed by atoms with Crippen molar-refractivity contribution in [1.82, 2.24) is 15.5 Å². The van der Waals surface area contributed by atoms with E-state index in [1.54, 1.807) is 0 Å². The van der Waals surface area contributed by atoms with Crippen molar-refractivity contribution >= 4 is 11.8 Å². The van der Waals surface area contributed by atoms with Crippen LogP contribution in [0.4, 0.5) is 0 Å². The molecule has 0 bridgehead atoms. The molecule has 3 fully saturated rings. The van der Waals surface area contributed by atoms with Gasteiger partial charge in [-0.1, -0.05) is 5.57 Å². The second kappa shape index (κ2) is 7.34. The first kappa shape index (κ1) is 18.0. The highest BCUT2D eigenvalue weighted by Gasteiger charge is 2.50. The average molecular weight is 360 g/mol. The van der Waals surface area contributed by atoms with E-state index in [4.69, 9.17) is 0 Å². The molecule has 0 unspecified atom stereocenters. The largest absolute Gasteiger partial charge is 0.352 e. The third-order valence-electron chi connectivity index (χ3n) is 7.19. The van der Waals surface area contributed by atoms with E-state index in [-0.39, 0.29) is 29.4 Å². The van der Waals surface area contributed by atoms with E-state index in [2.05, 4.69) is 22.5 Å². The Kier molecular flexibility index (Phi) is 5.09. The smallest absolute Gasteiger partial charge is 0.247 e. The van der Waals surface area contributed by atoms with Crippen molar-refractivity contribution in [3.05, 3.63) is 11.1 Å².